The summed E-state index contributed by atoms with van der Waals surface area (Å²) in [6.45, 7) is 2.35. The number of benzene rings is 2. The molecule has 0 aliphatic carbocycles. The molecule has 1 fully saturated rings. The van der Waals surface area contributed by atoms with Gasteiger partial charge in [-0.25, -0.2) is 4.90 Å². The number of anilines is 1. The Morgan fingerprint density at radius 3 is 2.67 bits per heavy atom. The van der Waals surface area contributed by atoms with E-state index in [0.29, 0.717) is 39.3 Å². The molecule has 3 rings (SSSR count). The largest absolute Gasteiger partial charge is 0.493 e. The lowest BCUT2D eigenvalue weighted by molar-refractivity contribution is -0.113. The Hall–Kier alpha value is -1.96. The second-order valence-electron chi connectivity index (χ2n) is 5.45. The Labute approximate surface area is 174 Å². The van der Waals surface area contributed by atoms with Gasteiger partial charge in [-0.15, -0.1) is 0 Å². The van der Waals surface area contributed by atoms with Crippen LogP contribution in [-0.4, -0.2) is 24.9 Å². The lowest BCUT2D eigenvalue weighted by Gasteiger charge is -2.13. The van der Waals surface area contributed by atoms with Gasteiger partial charge >= 0.3 is 0 Å². The first-order valence-corrected chi connectivity index (χ1v) is 9.97. The molecule has 5 nitrogen and oxygen atoms in total. The maximum absolute atomic E-state index is 12.8. The number of rotatable bonds is 5. The molecular weight excluding hydrogens is 454 g/mol. The predicted octanol–water partition coefficient (Wildman–Crippen LogP) is 5.75. The van der Waals surface area contributed by atoms with Crippen LogP contribution in [0.3, 0.4) is 0 Å². The average Bonchev–Trinajstić information content (AvgIpc) is 2.91. The summed E-state index contributed by atoms with van der Waals surface area (Å²) >= 11 is 10.3. The number of nitrogens with zero attached hydrogens (tertiary/aromatic N) is 1. The molecule has 1 aliphatic rings. The van der Waals surface area contributed by atoms with E-state index in [1.54, 1.807) is 49.6 Å². The summed E-state index contributed by atoms with van der Waals surface area (Å²) in [6.07, 6.45) is 1.65. The number of methoxy groups -OCH3 is 1. The van der Waals surface area contributed by atoms with Gasteiger partial charge in [0.25, 0.3) is 11.1 Å². The third-order valence-electron chi connectivity index (χ3n) is 3.73. The average molecular weight is 469 g/mol. The Kier molecular flexibility index (Phi) is 6.14. The zero-order chi connectivity index (χ0) is 19.6. The quantitative estimate of drug-likeness (QED) is 0.523. The van der Waals surface area contributed by atoms with Crippen molar-refractivity contribution in [2.24, 2.45) is 0 Å². The summed E-state index contributed by atoms with van der Waals surface area (Å²) < 4.78 is 11.6. The Bertz CT molecular complexity index is 947. The molecule has 2 amide bonds. The number of ether oxygens (including phenoxy) is 2. The van der Waals surface area contributed by atoms with Crippen molar-refractivity contribution in [3.05, 3.63) is 56.4 Å². The number of carbonyl (C=O) groups excluding carboxylic acids is 2. The van der Waals surface area contributed by atoms with Gasteiger partial charge in [0.1, 0.15) is 0 Å². The Morgan fingerprint density at radius 2 is 2.00 bits per heavy atom. The van der Waals surface area contributed by atoms with Gasteiger partial charge in [-0.1, -0.05) is 33.6 Å². The fourth-order valence-corrected chi connectivity index (χ4v) is 3.99. The van der Waals surface area contributed by atoms with Crippen molar-refractivity contribution in [3.63, 3.8) is 0 Å². The van der Waals surface area contributed by atoms with E-state index >= 15 is 0 Å². The van der Waals surface area contributed by atoms with E-state index in [1.807, 2.05) is 6.92 Å². The number of hydrogen-bond acceptors (Lipinski definition) is 5. The molecule has 0 atom stereocenters. The standard InChI is InChI=1S/C19H15BrClNO4S/c1-3-26-16-7-11(14(20)10-15(16)25-2)8-17-18(23)22(19(24)27-17)13-6-4-5-12(21)9-13/h4-10H,3H2,1-2H3/b17-8+. The van der Waals surface area contributed by atoms with Gasteiger partial charge in [0.15, 0.2) is 11.5 Å². The molecule has 1 aliphatic heterocycles. The fourth-order valence-electron chi connectivity index (χ4n) is 2.54. The van der Waals surface area contributed by atoms with Crippen molar-refractivity contribution in [1.82, 2.24) is 0 Å². The first kappa shape index (κ1) is 19.8. The van der Waals surface area contributed by atoms with Gasteiger partial charge in [-0.05, 0) is 60.7 Å². The molecule has 2 aromatic rings. The highest BCUT2D eigenvalue weighted by Crippen LogP contribution is 2.39. The minimum atomic E-state index is -0.395. The molecule has 2 aromatic carbocycles. The van der Waals surface area contributed by atoms with Crippen LogP contribution in [0, 0.1) is 0 Å². The maximum atomic E-state index is 12.8. The Balaban J connectivity index is 1.97. The van der Waals surface area contributed by atoms with Crippen LogP contribution < -0.4 is 14.4 Å². The van der Waals surface area contributed by atoms with E-state index in [1.165, 1.54) is 0 Å². The summed E-state index contributed by atoms with van der Waals surface area (Å²) in [5.41, 5.74) is 1.15. The van der Waals surface area contributed by atoms with Crippen LogP contribution in [-0.2, 0) is 4.79 Å². The van der Waals surface area contributed by atoms with Crippen LogP contribution in [0.1, 0.15) is 12.5 Å². The van der Waals surface area contributed by atoms with E-state index in [9.17, 15) is 9.59 Å². The van der Waals surface area contributed by atoms with Crippen molar-refractivity contribution in [2.45, 2.75) is 6.92 Å². The van der Waals surface area contributed by atoms with Crippen molar-refractivity contribution in [2.75, 3.05) is 18.6 Å². The fraction of sp³-hybridized carbons (Fsp3) is 0.158. The zero-order valence-corrected chi connectivity index (χ0v) is 17.7. The highest BCUT2D eigenvalue weighted by atomic mass is 79.9. The molecular formula is C19H15BrClNO4S. The maximum Gasteiger partial charge on any atom is 0.298 e. The summed E-state index contributed by atoms with van der Waals surface area (Å²) in [5.74, 6) is 0.740. The lowest BCUT2D eigenvalue weighted by atomic mass is 10.1. The monoisotopic (exact) mass is 467 g/mol. The van der Waals surface area contributed by atoms with E-state index in [0.717, 1.165) is 21.1 Å². The van der Waals surface area contributed by atoms with Crippen LogP contribution in [0.5, 0.6) is 11.5 Å². The van der Waals surface area contributed by atoms with Crippen LogP contribution in [0.4, 0.5) is 10.5 Å². The van der Waals surface area contributed by atoms with Gasteiger partial charge in [-0.2, -0.15) is 0 Å². The van der Waals surface area contributed by atoms with E-state index in [4.69, 9.17) is 21.1 Å². The van der Waals surface area contributed by atoms with E-state index < -0.39 is 5.91 Å². The molecule has 0 saturated carbocycles. The zero-order valence-electron chi connectivity index (χ0n) is 14.5. The number of carbonyl (C=O) groups is 2. The molecule has 0 spiro atoms. The molecule has 0 radical (unpaired) electrons. The first-order valence-electron chi connectivity index (χ1n) is 7.98. The van der Waals surface area contributed by atoms with Crippen LogP contribution in [0.25, 0.3) is 6.08 Å². The van der Waals surface area contributed by atoms with Crippen molar-refractivity contribution in [1.29, 1.82) is 0 Å². The van der Waals surface area contributed by atoms with Crippen LogP contribution >= 0.6 is 39.3 Å². The summed E-state index contributed by atoms with van der Waals surface area (Å²) in [5, 5.41) is 0.0815. The molecule has 8 heteroatoms. The molecule has 1 heterocycles. The topological polar surface area (TPSA) is 55.8 Å². The van der Waals surface area contributed by atoms with E-state index in [2.05, 4.69) is 15.9 Å². The number of thioether (sulfide) groups is 1. The second-order valence-corrected chi connectivity index (χ2v) is 7.74. The molecule has 27 heavy (non-hydrogen) atoms. The molecule has 0 N–H and O–H groups in total. The third kappa shape index (κ3) is 4.15. The van der Waals surface area contributed by atoms with Crippen molar-refractivity contribution < 1.29 is 19.1 Å². The number of amides is 2. The molecule has 140 valence electrons. The second kappa shape index (κ2) is 8.37. The van der Waals surface area contributed by atoms with Crippen LogP contribution in [0.2, 0.25) is 5.02 Å². The highest BCUT2D eigenvalue weighted by Gasteiger charge is 2.36. The molecule has 0 unspecified atom stereocenters. The summed E-state index contributed by atoms with van der Waals surface area (Å²) in [4.78, 5) is 26.6. The Morgan fingerprint density at radius 1 is 1.22 bits per heavy atom. The number of imide groups is 1. The normalized spacial score (nSPS) is 15.6. The van der Waals surface area contributed by atoms with Gasteiger partial charge < -0.3 is 9.47 Å². The smallest absolute Gasteiger partial charge is 0.298 e. The molecule has 1 saturated heterocycles. The van der Waals surface area contributed by atoms with Gasteiger partial charge in [-0.3, -0.25) is 9.59 Å². The highest BCUT2D eigenvalue weighted by molar-refractivity contribution is 9.10. The molecule has 0 bridgehead atoms. The number of hydrogen-bond donors (Lipinski definition) is 0. The minimum Gasteiger partial charge on any atom is -0.493 e. The van der Waals surface area contributed by atoms with Gasteiger partial charge in [0.2, 0.25) is 0 Å². The third-order valence-corrected chi connectivity index (χ3v) is 5.52. The predicted molar refractivity (Wildman–Crippen MR) is 112 cm³/mol. The van der Waals surface area contributed by atoms with E-state index in [-0.39, 0.29) is 5.24 Å². The summed E-state index contributed by atoms with van der Waals surface area (Å²) in [6, 6.07) is 10.2. The van der Waals surface area contributed by atoms with Crippen molar-refractivity contribution in [3.8, 4) is 11.5 Å². The minimum absolute atomic E-state index is 0.313. The van der Waals surface area contributed by atoms with Gasteiger partial charge in [0, 0.05) is 9.50 Å². The van der Waals surface area contributed by atoms with Crippen LogP contribution in [0.15, 0.2) is 45.8 Å². The van der Waals surface area contributed by atoms with Crippen molar-refractivity contribution >= 4 is 62.2 Å². The number of halogens is 2. The summed E-state index contributed by atoms with van der Waals surface area (Å²) in [7, 11) is 1.56. The molecule has 0 aromatic heterocycles. The lowest BCUT2D eigenvalue weighted by Crippen LogP contribution is -2.27. The van der Waals surface area contributed by atoms with Gasteiger partial charge in [0.05, 0.1) is 24.3 Å². The SMILES string of the molecule is CCOc1cc(/C=C2/SC(=O)N(c3cccc(Cl)c3)C2=O)c(Br)cc1OC. The first-order chi connectivity index (χ1) is 12.9.